The third-order valence-electron chi connectivity index (χ3n) is 4.33. The fourth-order valence-electron chi connectivity index (χ4n) is 2.94. The smallest absolute Gasteiger partial charge is 0.0852 e. The average molecular weight is 325 g/mol. The maximum atomic E-state index is 13.1. The van der Waals surface area contributed by atoms with E-state index in [1.165, 1.54) is 0 Å². The number of nitriles is 1. The van der Waals surface area contributed by atoms with Gasteiger partial charge in [0.05, 0.1) is 22.3 Å². The number of hydrogen-bond donors (Lipinski definition) is 0. The van der Waals surface area contributed by atoms with E-state index in [0.29, 0.717) is 0 Å². The second kappa shape index (κ2) is 7.57. The first kappa shape index (κ1) is 17.4. The molecule has 2 aromatic carbocycles. The monoisotopic (exact) mass is 325 g/mol. The fourth-order valence-corrected chi connectivity index (χ4v) is 4.24. The molecule has 0 aliphatic carbocycles. The number of hydrogen-bond acceptors (Lipinski definition) is 2. The molecule has 0 aliphatic rings. The van der Waals surface area contributed by atoms with Crippen LogP contribution in [-0.4, -0.2) is 4.21 Å². The topological polar surface area (TPSA) is 40.9 Å². The summed E-state index contributed by atoms with van der Waals surface area (Å²) in [6.07, 6.45) is 2.43. The van der Waals surface area contributed by atoms with Crippen LogP contribution in [-0.2, 0) is 16.2 Å². The first-order valence-corrected chi connectivity index (χ1v) is 9.22. The van der Waals surface area contributed by atoms with Gasteiger partial charge in [0.15, 0.2) is 0 Å². The maximum absolute atomic E-state index is 13.1. The summed E-state index contributed by atoms with van der Waals surface area (Å²) >= 11 is 0. The number of benzene rings is 2. The van der Waals surface area contributed by atoms with Crippen molar-refractivity contribution in [1.82, 2.24) is 0 Å². The first-order chi connectivity index (χ1) is 11.1. The lowest BCUT2D eigenvalue weighted by atomic mass is 9.76. The predicted molar refractivity (Wildman–Crippen MR) is 94.8 cm³/mol. The van der Waals surface area contributed by atoms with Crippen molar-refractivity contribution in [3.05, 3.63) is 59.7 Å². The van der Waals surface area contributed by atoms with Crippen molar-refractivity contribution in [2.24, 2.45) is 0 Å². The molecule has 0 radical (unpaired) electrons. The van der Waals surface area contributed by atoms with Gasteiger partial charge < -0.3 is 0 Å². The highest BCUT2D eigenvalue weighted by Crippen LogP contribution is 2.37. The molecule has 0 bridgehead atoms. The molecule has 0 aliphatic heterocycles. The van der Waals surface area contributed by atoms with Crippen LogP contribution in [0.1, 0.15) is 44.2 Å². The van der Waals surface area contributed by atoms with Crippen molar-refractivity contribution in [2.45, 2.75) is 55.2 Å². The molecule has 3 heteroatoms. The first-order valence-electron chi connectivity index (χ1n) is 8.07. The summed E-state index contributed by atoms with van der Waals surface area (Å²) in [4.78, 5) is 1.54. The van der Waals surface area contributed by atoms with Crippen LogP contribution in [0, 0.1) is 18.3 Å². The summed E-state index contributed by atoms with van der Waals surface area (Å²) in [5.41, 5.74) is 1.49. The van der Waals surface area contributed by atoms with Crippen molar-refractivity contribution in [3.63, 3.8) is 0 Å². The predicted octanol–water partition coefficient (Wildman–Crippen LogP) is 5.13. The summed E-state index contributed by atoms with van der Waals surface area (Å²) in [5, 5.41) is 9.83. The van der Waals surface area contributed by atoms with E-state index in [0.717, 1.165) is 40.2 Å². The van der Waals surface area contributed by atoms with Gasteiger partial charge in [-0.05, 0) is 43.5 Å². The zero-order chi connectivity index (χ0) is 16.9. The fraction of sp³-hybridized carbons (Fsp3) is 0.350. The molecule has 0 saturated heterocycles. The van der Waals surface area contributed by atoms with Gasteiger partial charge >= 0.3 is 0 Å². The Morgan fingerprint density at radius 2 is 1.74 bits per heavy atom. The molecule has 0 saturated carbocycles. The lowest BCUT2D eigenvalue weighted by Gasteiger charge is -2.27. The molecular weight excluding hydrogens is 302 g/mol. The van der Waals surface area contributed by atoms with Gasteiger partial charge in [-0.25, -0.2) is 4.21 Å². The van der Waals surface area contributed by atoms with E-state index < -0.39 is 16.2 Å². The van der Waals surface area contributed by atoms with Crippen LogP contribution in [0.4, 0.5) is 0 Å². The minimum absolute atomic E-state index is 0.564. The van der Waals surface area contributed by atoms with Gasteiger partial charge in [-0.15, -0.1) is 0 Å². The third kappa shape index (κ3) is 3.54. The summed E-state index contributed by atoms with van der Waals surface area (Å²) in [7, 11) is -1.27. The molecule has 1 unspecified atom stereocenters. The Morgan fingerprint density at radius 1 is 1.09 bits per heavy atom. The molecule has 2 aromatic rings. The summed E-state index contributed by atoms with van der Waals surface area (Å²) in [6.45, 7) is 6.13. The van der Waals surface area contributed by atoms with E-state index in [2.05, 4.69) is 13.0 Å². The van der Waals surface area contributed by atoms with Gasteiger partial charge in [0.25, 0.3) is 0 Å². The molecule has 2 atom stereocenters. The standard InChI is InChI=1S/C20H23NOS/c1-4-14-20(5-2,15-21)18-8-6-7-9-19(18)23(22)17-12-10-16(3)11-13-17/h6-13H,4-5,14H2,1-3H3/t20-,23?/m1/s1. The van der Waals surface area contributed by atoms with Crippen molar-refractivity contribution in [1.29, 1.82) is 5.26 Å². The van der Waals surface area contributed by atoms with Crippen LogP contribution in [0.15, 0.2) is 58.3 Å². The SMILES string of the molecule is CCC[C@@](C#N)(CC)c1ccccc1S(=O)c1ccc(C)cc1. The van der Waals surface area contributed by atoms with Crippen LogP contribution in [0.2, 0.25) is 0 Å². The number of nitrogens with zero attached hydrogens (tertiary/aromatic N) is 1. The molecule has 0 heterocycles. The third-order valence-corrected chi connectivity index (χ3v) is 5.79. The molecule has 0 fully saturated rings. The molecule has 2 rings (SSSR count). The maximum Gasteiger partial charge on any atom is 0.0852 e. The Kier molecular flexibility index (Phi) is 5.74. The van der Waals surface area contributed by atoms with Gasteiger partial charge in [0.2, 0.25) is 0 Å². The van der Waals surface area contributed by atoms with Gasteiger partial charge in [0, 0.05) is 9.79 Å². The lowest BCUT2D eigenvalue weighted by Crippen LogP contribution is -2.25. The van der Waals surface area contributed by atoms with Crippen molar-refractivity contribution in [2.75, 3.05) is 0 Å². The van der Waals surface area contributed by atoms with Crippen LogP contribution < -0.4 is 0 Å². The minimum atomic E-state index is -1.27. The van der Waals surface area contributed by atoms with Crippen LogP contribution in [0.3, 0.4) is 0 Å². The summed E-state index contributed by atoms with van der Waals surface area (Å²) < 4.78 is 13.1. The highest BCUT2D eigenvalue weighted by Gasteiger charge is 2.33. The van der Waals surface area contributed by atoms with E-state index in [-0.39, 0.29) is 0 Å². The molecule has 0 N–H and O–H groups in total. The van der Waals surface area contributed by atoms with Gasteiger partial charge in [-0.3, -0.25) is 0 Å². The molecular formula is C20H23NOS. The Hall–Kier alpha value is -1.92. The minimum Gasteiger partial charge on any atom is -0.249 e. The highest BCUT2D eigenvalue weighted by molar-refractivity contribution is 7.85. The van der Waals surface area contributed by atoms with E-state index in [1.807, 2.05) is 62.4 Å². The summed E-state index contributed by atoms with van der Waals surface area (Å²) in [6, 6.07) is 17.9. The molecule has 2 nitrogen and oxygen atoms in total. The Bertz CT molecular complexity index is 730. The molecule has 0 amide bonds. The van der Waals surface area contributed by atoms with Crippen LogP contribution in [0.5, 0.6) is 0 Å². The van der Waals surface area contributed by atoms with Crippen LogP contribution in [0.25, 0.3) is 0 Å². The number of rotatable bonds is 6. The van der Waals surface area contributed by atoms with Crippen molar-refractivity contribution >= 4 is 10.8 Å². The Labute approximate surface area is 141 Å². The molecule has 23 heavy (non-hydrogen) atoms. The zero-order valence-corrected chi connectivity index (χ0v) is 14.8. The zero-order valence-electron chi connectivity index (χ0n) is 14.0. The van der Waals surface area contributed by atoms with Gasteiger partial charge in [-0.1, -0.05) is 56.2 Å². The largest absolute Gasteiger partial charge is 0.249 e. The van der Waals surface area contributed by atoms with E-state index in [1.54, 1.807) is 0 Å². The highest BCUT2D eigenvalue weighted by atomic mass is 32.2. The normalized spacial score (nSPS) is 14.7. The van der Waals surface area contributed by atoms with E-state index in [9.17, 15) is 9.47 Å². The second-order valence-electron chi connectivity index (χ2n) is 5.88. The number of aryl methyl sites for hydroxylation is 1. The quantitative estimate of drug-likeness (QED) is 0.738. The van der Waals surface area contributed by atoms with E-state index >= 15 is 0 Å². The van der Waals surface area contributed by atoms with Gasteiger partial charge in [-0.2, -0.15) is 5.26 Å². The Balaban J connectivity index is 2.55. The van der Waals surface area contributed by atoms with E-state index in [4.69, 9.17) is 0 Å². The van der Waals surface area contributed by atoms with Gasteiger partial charge in [0.1, 0.15) is 0 Å². The van der Waals surface area contributed by atoms with Crippen LogP contribution >= 0.6 is 0 Å². The summed E-state index contributed by atoms with van der Waals surface area (Å²) in [5.74, 6) is 0. The lowest BCUT2D eigenvalue weighted by molar-refractivity contribution is 0.471. The molecule has 120 valence electrons. The second-order valence-corrected chi connectivity index (χ2v) is 7.32. The molecule has 0 spiro atoms. The molecule has 0 aromatic heterocycles. The van der Waals surface area contributed by atoms with Crippen molar-refractivity contribution < 1.29 is 4.21 Å². The average Bonchev–Trinajstić information content (AvgIpc) is 2.60. The Morgan fingerprint density at radius 3 is 2.30 bits per heavy atom. The van der Waals surface area contributed by atoms with Crippen molar-refractivity contribution in [3.8, 4) is 6.07 Å².